The highest BCUT2D eigenvalue weighted by atomic mass is 14.3. The average Bonchev–Trinajstić information content (AvgIpc) is 2.55. The molecule has 2 rings (SSSR count). The van der Waals surface area contributed by atoms with Gasteiger partial charge in [-0.15, -0.1) is 0 Å². The van der Waals surface area contributed by atoms with Gasteiger partial charge in [0.15, 0.2) is 0 Å². The predicted molar refractivity (Wildman–Crippen MR) is 48.4 cm³/mol. The molecule has 0 nitrogen and oxygen atoms in total. The summed E-state index contributed by atoms with van der Waals surface area (Å²) < 4.78 is 0. The Bertz CT molecular complexity index is 151. The standard InChI is InChI=1S/C11H18/c1-9-5-4-8-11(9)10-6-2-3-7-10/h4,8-11H,2-3,5-7H2,1H3. The van der Waals surface area contributed by atoms with Crippen molar-refractivity contribution in [3.05, 3.63) is 12.2 Å². The Morgan fingerprint density at radius 2 is 1.91 bits per heavy atom. The third kappa shape index (κ3) is 1.36. The summed E-state index contributed by atoms with van der Waals surface area (Å²) in [6.45, 7) is 2.41. The molecule has 0 amide bonds. The van der Waals surface area contributed by atoms with E-state index in [-0.39, 0.29) is 0 Å². The first-order chi connectivity index (χ1) is 5.38. The fourth-order valence-electron chi connectivity index (χ4n) is 2.76. The number of allylic oxidation sites excluding steroid dienone is 2. The lowest BCUT2D eigenvalue weighted by molar-refractivity contribution is 0.320. The van der Waals surface area contributed by atoms with Crippen LogP contribution in [0.3, 0.4) is 0 Å². The summed E-state index contributed by atoms with van der Waals surface area (Å²) in [5.74, 6) is 2.93. The van der Waals surface area contributed by atoms with Crippen molar-refractivity contribution in [1.82, 2.24) is 0 Å². The van der Waals surface area contributed by atoms with Crippen LogP contribution in [-0.2, 0) is 0 Å². The second kappa shape index (κ2) is 3.00. The van der Waals surface area contributed by atoms with Crippen LogP contribution in [0.5, 0.6) is 0 Å². The summed E-state index contributed by atoms with van der Waals surface area (Å²) >= 11 is 0. The molecule has 0 bridgehead atoms. The second-order valence-corrected chi connectivity index (χ2v) is 4.26. The molecule has 2 atom stereocenters. The lowest BCUT2D eigenvalue weighted by Crippen LogP contribution is -2.13. The Morgan fingerprint density at radius 3 is 2.45 bits per heavy atom. The smallest absolute Gasteiger partial charge is 0.0176 e. The summed E-state index contributed by atoms with van der Waals surface area (Å²) in [4.78, 5) is 0. The lowest BCUT2D eigenvalue weighted by atomic mass is 9.84. The molecule has 2 unspecified atom stereocenters. The van der Waals surface area contributed by atoms with Crippen molar-refractivity contribution in [2.75, 3.05) is 0 Å². The molecule has 0 aromatic heterocycles. The fourth-order valence-corrected chi connectivity index (χ4v) is 2.76. The Kier molecular flexibility index (Phi) is 2.02. The maximum absolute atomic E-state index is 2.47. The Hall–Kier alpha value is -0.260. The zero-order valence-electron chi connectivity index (χ0n) is 7.42. The van der Waals surface area contributed by atoms with E-state index in [0.29, 0.717) is 0 Å². The number of rotatable bonds is 1. The van der Waals surface area contributed by atoms with Gasteiger partial charge in [0.05, 0.1) is 0 Å². The quantitative estimate of drug-likeness (QED) is 0.503. The van der Waals surface area contributed by atoms with Crippen molar-refractivity contribution in [1.29, 1.82) is 0 Å². The van der Waals surface area contributed by atoms with Crippen LogP contribution in [0.1, 0.15) is 39.0 Å². The Morgan fingerprint density at radius 1 is 1.18 bits per heavy atom. The molecule has 1 fully saturated rings. The van der Waals surface area contributed by atoms with E-state index in [1.54, 1.807) is 0 Å². The van der Waals surface area contributed by atoms with Gasteiger partial charge in [0, 0.05) is 0 Å². The third-order valence-corrected chi connectivity index (χ3v) is 3.47. The summed E-state index contributed by atoms with van der Waals surface area (Å²) in [6, 6.07) is 0. The minimum absolute atomic E-state index is 0.942. The summed E-state index contributed by atoms with van der Waals surface area (Å²) in [5, 5.41) is 0. The van der Waals surface area contributed by atoms with E-state index >= 15 is 0 Å². The van der Waals surface area contributed by atoms with Gasteiger partial charge in [0.25, 0.3) is 0 Å². The Labute approximate surface area is 69.7 Å². The van der Waals surface area contributed by atoms with Gasteiger partial charge in [-0.05, 0) is 37.0 Å². The highest BCUT2D eigenvalue weighted by molar-refractivity contribution is 5.02. The van der Waals surface area contributed by atoms with Crippen LogP contribution in [0.4, 0.5) is 0 Å². The van der Waals surface area contributed by atoms with Crippen LogP contribution in [0.2, 0.25) is 0 Å². The summed E-state index contributed by atoms with van der Waals surface area (Å²) in [5.41, 5.74) is 0. The lowest BCUT2D eigenvalue weighted by Gasteiger charge is -2.21. The zero-order valence-corrected chi connectivity index (χ0v) is 7.42. The molecule has 62 valence electrons. The van der Waals surface area contributed by atoms with Crippen molar-refractivity contribution in [3.8, 4) is 0 Å². The molecule has 11 heavy (non-hydrogen) atoms. The van der Waals surface area contributed by atoms with E-state index in [1.807, 2.05) is 0 Å². The zero-order chi connectivity index (χ0) is 7.68. The molecule has 0 N–H and O–H groups in total. The molecule has 0 spiro atoms. The van der Waals surface area contributed by atoms with Crippen LogP contribution in [0, 0.1) is 17.8 Å². The second-order valence-electron chi connectivity index (χ2n) is 4.26. The first-order valence-electron chi connectivity index (χ1n) is 5.04. The largest absolute Gasteiger partial charge is 0.0880 e. The minimum atomic E-state index is 0.942. The normalized spacial score (nSPS) is 38.6. The maximum atomic E-state index is 2.47. The van der Waals surface area contributed by atoms with E-state index in [2.05, 4.69) is 19.1 Å². The summed E-state index contributed by atoms with van der Waals surface area (Å²) in [6.07, 6.45) is 12.2. The van der Waals surface area contributed by atoms with Crippen molar-refractivity contribution >= 4 is 0 Å². The van der Waals surface area contributed by atoms with Gasteiger partial charge in [-0.1, -0.05) is 31.9 Å². The molecular weight excluding hydrogens is 132 g/mol. The first kappa shape index (κ1) is 7.39. The number of hydrogen-bond donors (Lipinski definition) is 0. The van der Waals surface area contributed by atoms with Crippen molar-refractivity contribution in [3.63, 3.8) is 0 Å². The van der Waals surface area contributed by atoms with Crippen LogP contribution in [0.25, 0.3) is 0 Å². The van der Waals surface area contributed by atoms with Crippen LogP contribution in [-0.4, -0.2) is 0 Å². The monoisotopic (exact) mass is 150 g/mol. The van der Waals surface area contributed by atoms with Gasteiger partial charge in [-0.3, -0.25) is 0 Å². The third-order valence-electron chi connectivity index (χ3n) is 3.47. The first-order valence-corrected chi connectivity index (χ1v) is 5.04. The number of hydrogen-bond acceptors (Lipinski definition) is 0. The molecule has 2 aliphatic carbocycles. The van der Waals surface area contributed by atoms with Crippen LogP contribution in [0.15, 0.2) is 12.2 Å². The van der Waals surface area contributed by atoms with Gasteiger partial charge in [0.2, 0.25) is 0 Å². The van der Waals surface area contributed by atoms with E-state index in [9.17, 15) is 0 Å². The van der Waals surface area contributed by atoms with E-state index in [1.165, 1.54) is 32.1 Å². The van der Waals surface area contributed by atoms with Crippen molar-refractivity contribution in [2.24, 2.45) is 17.8 Å². The van der Waals surface area contributed by atoms with E-state index in [0.717, 1.165) is 17.8 Å². The van der Waals surface area contributed by atoms with Crippen molar-refractivity contribution in [2.45, 2.75) is 39.0 Å². The molecule has 0 heterocycles. The molecule has 0 heteroatoms. The van der Waals surface area contributed by atoms with E-state index in [4.69, 9.17) is 0 Å². The van der Waals surface area contributed by atoms with Crippen LogP contribution >= 0.6 is 0 Å². The SMILES string of the molecule is CC1CC=CC1C1CCCC1. The average molecular weight is 150 g/mol. The van der Waals surface area contributed by atoms with Gasteiger partial charge in [0.1, 0.15) is 0 Å². The molecule has 0 radical (unpaired) electrons. The molecule has 0 aliphatic heterocycles. The van der Waals surface area contributed by atoms with Gasteiger partial charge in [-0.25, -0.2) is 0 Å². The molecule has 1 saturated carbocycles. The highest BCUT2D eigenvalue weighted by Crippen LogP contribution is 2.39. The van der Waals surface area contributed by atoms with Crippen molar-refractivity contribution < 1.29 is 0 Å². The minimum Gasteiger partial charge on any atom is -0.0880 e. The van der Waals surface area contributed by atoms with Gasteiger partial charge in [-0.2, -0.15) is 0 Å². The predicted octanol–water partition coefficient (Wildman–Crippen LogP) is 3.39. The summed E-state index contributed by atoms with van der Waals surface area (Å²) in [7, 11) is 0. The van der Waals surface area contributed by atoms with Crippen LogP contribution < -0.4 is 0 Å². The van der Waals surface area contributed by atoms with E-state index < -0.39 is 0 Å². The molecule has 0 saturated heterocycles. The molecule has 0 aromatic rings. The molecule has 0 aromatic carbocycles. The highest BCUT2D eigenvalue weighted by Gasteiger charge is 2.28. The van der Waals surface area contributed by atoms with Gasteiger partial charge >= 0.3 is 0 Å². The Balaban J connectivity index is 1.97. The fraction of sp³-hybridized carbons (Fsp3) is 0.818. The maximum Gasteiger partial charge on any atom is -0.0176 e. The topological polar surface area (TPSA) is 0 Å². The molecular formula is C11H18. The van der Waals surface area contributed by atoms with Gasteiger partial charge < -0.3 is 0 Å². The molecule has 2 aliphatic rings.